The van der Waals surface area contributed by atoms with Gasteiger partial charge in [-0.25, -0.2) is 9.97 Å². The molecule has 5 nitrogen and oxygen atoms in total. The molecule has 2 N–H and O–H groups in total. The fourth-order valence-electron chi connectivity index (χ4n) is 3.20. The summed E-state index contributed by atoms with van der Waals surface area (Å²) in [6, 6.07) is 0. The van der Waals surface area contributed by atoms with Gasteiger partial charge in [0.1, 0.15) is 16.5 Å². The highest BCUT2D eigenvalue weighted by molar-refractivity contribution is 7.18. The number of allylic oxidation sites excluding steroid dienone is 1. The molecule has 0 saturated carbocycles. The normalized spacial score (nSPS) is 14.4. The number of nitrogens with one attached hydrogen (secondary N) is 2. The Morgan fingerprint density at radius 3 is 2.84 bits per heavy atom. The Morgan fingerprint density at radius 2 is 2.08 bits per heavy atom. The molecule has 2 heterocycles. The Balaban J connectivity index is 1.57. The van der Waals surface area contributed by atoms with Crippen molar-refractivity contribution >= 4 is 33.3 Å². The van der Waals surface area contributed by atoms with Gasteiger partial charge in [-0.1, -0.05) is 11.6 Å². The van der Waals surface area contributed by atoms with Crippen LogP contribution in [-0.2, 0) is 4.79 Å². The third-order valence-electron chi connectivity index (χ3n) is 4.71. The summed E-state index contributed by atoms with van der Waals surface area (Å²) in [5, 5.41) is 7.23. The average molecular weight is 359 g/mol. The predicted octanol–water partition coefficient (Wildman–Crippen LogP) is 4.04. The van der Waals surface area contributed by atoms with Crippen LogP contribution in [0.1, 0.15) is 48.4 Å². The molecule has 2 aromatic heterocycles. The van der Waals surface area contributed by atoms with Crippen molar-refractivity contribution in [1.29, 1.82) is 0 Å². The van der Waals surface area contributed by atoms with Crippen LogP contribution < -0.4 is 10.6 Å². The van der Waals surface area contributed by atoms with Crippen LogP contribution in [0.2, 0.25) is 0 Å². The van der Waals surface area contributed by atoms with E-state index in [-0.39, 0.29) is 12.5 Å². The van der Waals surface area contributed by atoms with Gasteiger partial charge in [-0.2, -0.15) is 0 Å². The number of carbonyl (C=O) groups is 1. The fourth-order valence-corrected chi connectivity index (χ4v) is 4.28. The molecule has 2 aromatic rings. The summed E-state index contributed by atoms with van der Waals surface area (Å²) in [6.45, 7) is 7.00. The molecule has 0 aromatic carbocycles. The van der Waals surface area contributed by atoms with E-state index in [4.69, 9.17) is 0 Å². The zero-order valence-electron chi connectivity index (χ0n) is 15.2. The van der Waals surface area contributed by atoms with Crippen LogP contribution in [-0.4, -0.2) is 29.0 Å². The second kappa shape index (κ2) is 7.95. The molecule has 134 valence electrons. The quantitative estimate of drug-likeness (QED) is 0.765. The third kappa shape index (κ3) is 4.37. The number of nitrogens with zero attached hydrogens (tertiary/aromatic N) is 2. The van der Waals surface area contributed by atoms with Gasteiger partial charge in [0.2, 0.25) is 5.91 Å². The molecule has 0 unspecified atom stereocenters. The van der Waals surface area contributed by atoms with Gasteiger partial charge in [0.05, 0.1) is 11.9 Å². The van der Waals surface area contributed by atoms with Crippen LogP contribution >= 0.6 is 11.3 Å². The van der Waals surface area contributed by atoms with Crippen molar-refractivity contribution in [2.24, 2.45) is 0 Å². The maximum absolute atomic E-state index is 12.1. The summed E-state index contributed by atoms with van der Waals surface area (Å²) in [7, 11) is 0. The van der Waals surface area contributed by atoms with Crippen molar-refractivity contribution in [3.63, 3.8) is 0 Å². The molecule has 0 atom stereocenters. The van der Waals surface area contributed by atoms with Crippen LogP contribution in [0, 0.1) is 20.8 Å². The van der Waals surface area contributed by atoms with E-state index in [9.17, 15) is 4.79 Å². The number of aryl methyl sites for hydroxylation is 3. The van der Waals surface area contributed by atoms with Gasteiger partial charge in [0.25, 0.3) is 0 Å². The van der Waals surface area contributed by atoms with Gasteiger partial charge in [0, 0.05) is 11.4 Å². The molecular weight excluding hydrogens is 332 g/mol. The van der Waals surface area contributed by atoms with E-state index in [1.807, 2.05) is 6.92 Å². The molecule has 0 bridgehead atoms. The SMILES string of the molecule is Cc1nc(NCC(=O)NCCC2=CCCCC2)c2c(C)c(C)sc2n1. The van der Waals surface area contributed by atoms with Gasteiger partial charge in [-0.3, -0.25) is 4.79 Å². The smallest absolute Gasteiger partial charge is 0.239 e. The second-order valence-corrected chi connectivity index (χ2v) is 7.85. The molecular formula is C19H26N4OS. The van der Waals surface area contributed by atoms with Gasteiger partial charge >= 0.3 is 0 Å². The first-order valence-corrected chi connectivity index (χ1v) is 9.79. The first-order chi connectivity index (χ1) is 12.0. The lowest BCUT2D eigenvalue weighted by Gasteiger charge is -2.13. The highest BCUT2D eigenvalue weighted by atomic mass is 32.1. The monoisotopic (exact) mass is 358 g/mol. The zero-order valence-corrected chi connectivity index (χ0v) is 16.1. The van der Waals surface area contributed by atoms with E-state index in [0.29, 0.717) is 6.54 Å². The fraction of sp³-hybridized carbons (Fsp3) is 0.526. The number of fused-ring (bicyclic) bond motifs is 1. The number of hydrogen-bond donors (Lipinski definition) is 2. The molecule has 1 amide bonds. The van der Waals surface area contributed by atoms with Crippen LogP contribution in [0.3, 0.4) is 0 Å². The lowest BCUT2D eigenvalue weighted by molar-refractivity contribution is -0.119. The molecule has 0 aliphatic heterocycles. The number of hydrogen-bond acceptors (Lipinski definition) is 5. The lowest BCUT2D eigenvalue weighted by atomic mass is 9.97. The van der Waals surface area contributed by atoms with E-state index in [1.165, 1.54) is 41.7 Å². The molecule has 6 heteroatoms. The minimum atomic E-state index is 0.00503. The lowest BCUT2D eigenvalue weighted by Crippen LogP contribution is -2.31. The van der Waals surface area contributed by atoms with Crippen LogP contribution in [0.4, 0.5) is 5.82 Å². The van der Waals surface area contributed by atoms with Crippen molar-refractivity contribution < 1.29 is 4.79 Å². The Bertz CT molecular complexity index is 809. The zero-order chi connectivity index (χ0) is 17.8. The molecule has 1 aliphatic carbocycles. The first kappa shape index (κ1) is 17.9. The highest BCUT2D eigenvalue weighted by Crippen LogP contribution is 2.33. The maximum atomic E-state index is 12.1. The number of aromatic nitrogens is 2. The Morgan fingerprint density at radius 1 is 1.24 bits per heavy atom. The highest BCUT2D eigenvalue weighted by Gasteiger charge is 2.14. The van der Waals surface area contributed by atoms with Crippen molar-refractivity contribution in [3.8, 4) is 0 Å². The van der Waals surface area contributed by atoms with E-state index >= 15 is 0 Å². The molecule has 0 radical (unpaired) electrons. The van der Waals surface area contributed by atoms with Crippen molar-refractivity contribution in [3.05, 3.63) is 27.9 Å². The van der Waals surface area contributed by atoms with E-state index in [0.717, 1.165) is 28.3 Å². The summed E-state index contributed by atoms with van der Waals surface area (Å²) in [5.41, 5.74) is 2.67. The minimum Gasteiger partial charge on any atom is -0.360 e. The molecule has 0 fully saturated rings. The Labute approximate surface area is 153 Å². The standard InChI is InChI=1S/C19H26N4OS/c1-12-13(2)25-19-17(12)18(22-14(3)23-19)21-11-16(24)20-10-9-15-7-5-4-6-8-15/h7H,4-6,8-11H2,1-3H3,(H,20,24)(H,21,22,23). The third-order valence-corrected chi connectivity index (χ3v) is 5.81. The number of amides is 1. The molecule has 25 heavy (non-hydrogen) atoms. The number of anilines is 1. The summed E-state index contributed by atoms with van der Waals surface area (Å²) in [6.07, 6.45) is 8.25. The molecule has 3 rings (SSSR count). The topological polar surface area (TPSA) is 66.9 Å². The summed E-state index contributed by atoms with van der Waals surface area (Å²) in [5.74, 6) is 1.49. The number of carbonyl (C=O) groups excluding carboxylic acids is 1. The number of rotatable bonds is 6. The molecule has 0 spiro atoms. The minimum absolute atomic E-state index is 0.00503. The van der Waals surface area contributed by atoms with Crippen molar-refractivity contribution in [2.45, 2.75) is 52.9 Å². The van der Waals surface area contributed by atoms with E-state index in [2.05, 4.69) is 40.5 Å². The summed E-state index contributed by atoms with van der Waals surface area (Å²) in [4.78, 5) is 23.4. The largest absolute Gasteiger partial charge is 0.360 e. The van der Waals surface area contributed by atoms with Crippen molar-refractivity contribution in [2.75, 3.05) is 18.4 Å². The van der Waals surface area contributed by atoms with Gasteiger partial charge in [-0.05, 0) is 58.4 Å². The Hall–Kier alpha value is -1.95. The number of thiophene rings is 1. The molecule has 1 aliphatic rings. The Kier molecular flexibility index (Phi) is 5.68. The van der Waals surface area contributed by atoms with Crippen LogP contribution in [0.25, 0.3) is 10.2 Å². The predicted molar refractivity (Wildman–Crippen MR) is 104 cm³/mol. The summed E-state index contributed by atoms with van der Waals surface area (Å²) >= 11 is 1.67. The van der Waals surface area contributed by atoms with Crippen LogP contribution in [0.15, 0.2) is 11.6 Å². The van der Waals surface area contributed by atoms with Gasteiger partial charge < -0.3 is 10.6 Å². The van der Waals surface area contributed by atoms with Gasteiger partial charge in [0.15, 0.2) is 0 Å². The van der Waals surface area contributed by atoms with Gasteiger partial charge in [-0.15, -0.1) is 11.3 Å². The van der Waals surface area contributed by atoms with E-state index < -0.39 is 0 Å². The van der Waals surface area contributed by atoms with Crippen LogP contribution in [0.5, 0.6) is 0 Å². The van der Waals surface area contributed by atoms with E-state index in [1.54, 1.807) is 11.3 Å². The van der Waals surface area contributed by atoms with Crippen molar-refractivity contribution in [1.82, 2.24) is 15.3 Å². The molecule has 0 saturated heterocycles. The summed E-state index contributed by atoms with van der Waals surface area (Å²) < 4.78 is 0. The second-order valence-electron chi connectivity index (χ2n) is 6.64. The average Bonchev–Trinajstić information content (AvgIpc) is 2.88. The maximum Gasteiger partial charge on any atom is 0.239 e. The first-order valence-electron chi connectivity index (χ1n) is 8.97.